The van der Waals surface area contributed by atoms with E-state index in [9.17, 15) is 4.79 Å². The van der Waals surface area contributed by atoms with Crippen molar-refractivity contribution in [1.29, 1.82) is 0 Å². The standard InChI is InChI=1S/C20H24N2O2/c1-4-19(23)22(15(3)18-8-6-10-24-18)13-16-11-14(2)20-17(12-16)7-5-9-21-20/h4-5,7,9,11-12,15,18H,1,6,8,10,13H2,2-3H3. The van der Waals surface area contributed by atoms with Gasteiger partial charge >= 0.3 is 0 Å². The highest BCUT2D eigenvalue weighted by atomic mass is 16.5. The largest absolute Gasteiger partial charge is 0.376 e. The fraction of sp³-hybridized carbons (Fsp3) is 0.400. The maximum Gasteiger partial charge on any atom is 0.246 e. The lowest BCUT2D eigenvalue weighted by atomic mass is 10.0. The van der Waals surface area contributed by atoms with E-state index in [0.29, 0.717) is 6.54 Å². The van der Waals surface area contributed by atoms with Crippen LogP contribution in [0.5, 0.6) is 0 Å². The molecule has 1 aliphatic heterocycles. The molecule has 2 atom stereocenters. The summed E-state index contributed by atoms with van der Waals surface area (Å²) in [7, 11) is 0. The molecule has 1 aromatic carbocycles. The zero-order valence-electron chi connectivity index (χ0n) is 14.4. The second-order valence-electron chi connectivity index (χ2n) is 6.45. The van der Waals surface area contributed by atoms with Gasteiger partial charge in [-0.25, -0.2) is 0 Å². The molecule has 1 amide bonds. The Balaban J connectivity index is 1.89. The number of aromatic nitrogens is 1. The van der Waals surface area contributed by atoms with Crippen molar-refractivity contribution in [3.8, 4) is 0 Å². The fourth-order valence-corrected chi connectivity index (χ4v) is 3.46. The van der Waals surface area contributed by atoms with E-state index in [1.165, 1.54) is 6.08 Å². The summed E-state index contributed by atoms with van der Waals surface area (Å²) in [6.07, 6.45) is 5.37. The van der Waals surface area contributed by atoms with Crippen molar-refractivity contribution < 1.29 is 9.53 Å². The van der Waals surface area contributed by atoms with Crippen molar-refractivity contribution in [3.63, 3.8) is 0 Å². The Kier molecular flexibility index (Phi) is 4.95. The molecule has 0 aliphatic carbocycles. The van der Waals surface area contributed by atoms with Gasteiger partial charge in [-0.05, 0) is 56.0 Å². The highest BCUT2D eigenvalue weighted by Gasteiger charge is 2.29. The van der Waals surface area contributed by atoms with Crippen LogP contribution in [0.1, 0.15) is 30.9 Å². The lowest BCUT2D eigenvalue weighted by Crippen LogP contribution is -2.43. The average Bonchev–Trinajstić information content (AvgIpc) is 3.13. The molecule has 4 heteroatoms. The van der Waals surface area contributed by atoms with Gasteiger partial charge in [0.05, 0.1) is 17.7 Å². The van der Waals surface area contributed by atoms with Gasteiger partial charge in [-0.15, -0.1) is 0 Å². The van der Waals surface area contributed by atoms with Crippen LogP contribution in [0.25, 0.3) is 10.9 Å². The predicted octanol–water partition coefficient (Wildman–Crippen LogP) is 3.63. The van der Waals surface area contributed by atoms with Crippen LogP contribution >= 0.6 is 0 Å². The van der Waals surface area contributed by atoms with E-state index in [-0.39, 0.29) is 18.1 Å². The lowest BCUT2D eigenvalue weighted by molar-refractivity contribution is -0.131. The van der Waals surface area contributed by atoms with Crippen molar-refractivity contribution in [2.75, 3.05) is 6.61 Å². The number of amides is 1. The second kappa shape index (κ2) is 7.14. The van der Waals surface area contributed by atoms with Crippen LogP contribution < -0.4 is 0 Å². The summed E-state index contributed by atoms with van der Waals surface area (Å²) in [6.45, 7) is 9.11. The van der Waals surface area contributed by atoms with Gasteiger partial charge < -0.3 is 9.64 Å². The Labute approximate surface area is 143 Å². The number of rotatable bonds is 5. The third-order valence-corrected chi connectivity index (χ3v) is 4.76. The Hall–Kier alpha value is -2.20. The van der Waals surface area contributed by atoms with Gasteiger partial charge in [-0.3, -0.25) is 9.78 Å². The van der Waals surface area contributed by atoms with Crippen molar-refractivity contribution in [2.24, 2.45) is 0 Å². The third-order valence-electron chi connectivity index (χ3n) is 4.76. The molecule has 2 unspecified atom stereocenters. The van der Waals surface area contributed by atoms with Crippen LogP contribution in [0.15, 0.2) is 43.1 Å². The molecule has 3 rings (SSSR count). The van der Waals surface area contributed by atoms with Gasteiger partial charge in [-0.1, -0.05) is 18.7 Å². The minimum absolute atomic E-state index is 0.0305. The number of carbonyl (C=O) groups excluding carboxylic acids is 1. The number of aryl methyl sites for hydroxylation is 1. The van der Waals surface area contributed by atoms with Crippen LogP contribution in [0.2, 0.25) is 0 Å². The number of ether oxygens (including phenoxy) is 1. The van der Waals surface area contributed by atoms with Gasteiger partial charge in [0, 0.05) is 24.7 Å². The molecule has 1 aromatic heterocycles. The van der Waals surface area contributed by atoms with E-state index >= 15 is 0 Å². The fourth-order valence-electron chi connectivity index (χ4n) is 3.46. The summed E-state index contributed by atoms with van der Waals surface area (Å²) >= 11 is 0. The first-order valence-electron chi connectivity index (χ1n) is 8.49. The Morgan fingerprint density at radius 1 is 1.54 bits per heavy atom. The first kappa shape index (κ1) is 16.7. The number of benzene rings is 1. The molecule has 0 saturated carbocycles. The molecule has 24 heavy (non-hydrogen) atoms. The van der Waals surface area contributed by atoms with Crippen LogP contribution in [-0.2, 0) is 16.1 Å². The van der Waals surface area contributed by atoms with Gasteiger partial charge in [0.15, 0.2) is 0 Å². The van der Waals surface area contributed by atoms with E-state index in [0.717, 1.165) is 41.5 Å². The molecule has 2 aromatic rings. The quantitative estimate of drug-likeness (QED) is 0.789. The van der Waals surface area contributed by atoms with E-state index < -0.39 is 0 Å². The number of hydrogen-bond donors (Lipinski definition) is 0. The Morgan fingerprint density at radius 3 is 3.08 bits per heavy atom. The number of nitrogens with zero attached hydrogens (tertiary/aromatic N) is 2. The molecular formula is C20H24N2O2. The van der Waals surface area contributed by atoms with E-state index in [1.54, 1.807) is 0 Å². The smallest absolute Gasteiger partial charge is 0.246 e. The van der Waals surface area contributed by atoms with Gasteiger partial charge in [0.25, 0.3) is 0 Å². The minimum atomic E-state index is -0.0538. The highest BCUT2D eigenvalue weighted by Crippen LogP contribution is 2.24. The Morgan fingerprint density at radius 2 is 2.38 bits per heavy atom. The molecule has 1 fully saturated rings. The molecule has 126 valence electrons. The van der Waals surface area contributed by atoms with Crippen molar-refractivity contribution >= 4 is 16.8 Å². The van der Waals surface area contributed by atoms with E-state index in [2.05, 4.69) is 43.6 Å². The first-order valence-corrected chi connectivity index (χ1v) is 8.49. The zero-order chi connectivity index (χ0) is 17.1. The second-order valence-corrected chi connectivity index (χ2v) is 6.45. The van der Waals surface area contributed by atoms with Crippen LogP contribution in [0, 0.1) is 6.92 Å². The van der Waals surface area contributed by atoms with E-state index in [1.807, 2.05) is 17.2 Å². The third kappa shape index (κ3) is 3.34. The Bertz CT molecular complexity index is 750. The number of fused-ring (bicyclic) bond motifs is 1. The monoisotopic (exact) mass is 324 g/mol. The number of carbonyl (C=O) groups is 1. The molecule has 0 radical (unpaired) electrons. The van der Waals surface area contributed by atoms with Gasteiger partial charge in [0.2, 0.25) is 5.91 Å². The molecular weight excluding hydrogens is 300 g/mol. The topological polar surface area (TPSA) is 42.4 Å². The first-order chi connectivity index (χ1) is 11.6. The summed E-state index contributed by atoms with van der Waals surface area (Å²) in [4.78, 5) is 18.7. The number of hydrogen-bond acceptors (Lipinski definition) is 3. The molecule has 2 heterocycles. The average molecular weight is 324 g/mol. The van der Waals surface area contributed by atoms with E-state index in [4.69, 9.17) is 4.74 Å². The van der Waals surface area contributed by atoms with Gasteiger partial charge in [-0.2, -0.15) is 0 Å². The maximum atomic E-state index is 12.4. The van der Waals surface area contributed by atoms with Crippen molar-refractivity contribution in [2.45, 2.75) is 45.4 Å². The highest BCUT2D eigenvalue weighted by molar-refractivity contribution is 5.87. The number of pyridine rings is 1. The minimum Gasteiger partial charge on any atom is -0.376 e. The van der Waals surface area contributed by atoms with Gasteiger partial charge in [0.1, 0.15) is 0 Å². The molecule has 0 spiro atoms. The summed E-state index contributed by atoms with van der Waals surface area (Å²) in [5.41, 5.74) is 3.24. The zero-order valence-corrected chi connectivity index (χ0v) is 14.4. The normalized spacial score (nSPS) is 18.5. The molecule has 1 saturated heterocycles. The maximum absolute atomic E-state index is 12.4. The lowest BCUT2D eigenvalue weighted by Gasteiger charge is -2.32. The SMILES string of the molecule is C=CC(=O)N(Cc1cc(C)c2ncccc2c1)C(C)C1CCCO1. The molecule has 1 aliphatic rings. The molecule has 0 N–H and O–H groups in total. The summed E-state index contributed by atoms with van der Waals surface area (Å²) in [5.74, 6) is -0.0538. The van der Waals surface area contributed by atoms with Crippen molar-refractivity contribution in [1.82, 2.24) is 9.88 Å². The summed E-state index contributed by atoms with van der Waals surface area (Å²) < 4.78 is 5.78. The molecule has 4 nitrogen and oxygen atoms in total. The summed E-state index contributed by atoms with van der Waals surface area (Å²) in [6, 6.07) is 8.25. The van der Waals surface area contributed by atoms with Crippen molar-refractivity contribution in [3.05, 3.63) is 54.2 Å². The van der Waals surface area contributed by atoms with Crippen LogP contribution in [-0.4, -0.2) is 34.5 Å². The van der Waals surface area contributed by atoms with Crippen LogP contribution in [0.3, 0.4) is 0 Å². The molecule has 0 bridgehead atoms. The predicted molar refractivity (Wildman–Crippen MR) is 95.7 cm³/mol. The summed E-state index contributed by atoms with van der Waals surface area (Å²) in [5, 5.41) is 1.10. The van der Waals surface area contributed by atoms with Crippen LogP contribution in [0.4, 0.5) is 0 Å².